The highest BCUT2D eigenvalue weighted by Gasteiger charge is 2.30. The van der Waals surface area contributed by atoms with Gasteiger partial charge in [-0.2, -0.15) is 4.31 Å². The van der Waals surface area contributed by atoms with Gasteiger partial charge in [0.25, 0.3) is 5.91 Å². The van der Waals surface area contributed by atoms with Crippen LogP contribution in [0.15, 0.2) is 53.7 Å². The van der Waals surface area contributed by atoms with Gasteiger partial charge < -0.3 is 4.90 Å². The van der Waals surface area contributed by atoms with E-state index in [0.29, 0.717) is 18.7 Å². The maximum atomic E-state index is 13.2. The molecule has 0 atom stereocenters. The molecule has 4 rings (SSSR count). The van der Waals surface area contributed by atoms with Gasteiger partial charge in [0.1, 0.15) is 0 Å². The highest BCUT2D eigenvalue weighted by molar-refractivity contribution is 7.89. The summed E-state index contributed by atoms with van der Waals surface area (Å²) in [6, 6.07) is 10.6. The minimum atomic E-state index is -3.62. The van der Waals surface area contributed by atoms with E-state index in [0.717, 1.165) is 50.9 Å². The number of benzene rings is 1. The van der Waals surface area contributed by atoms with Crippen LogP contribution in [0.3, 0.4) is 0 Å². The molecule has 172 valence electrons. The van der Waals surface area contributed by atoms with E-state index < -0.39 is 10.0 Å². The molecule has 2 aromatic rings. The molecule has 8 heteroatoms. The van der Waals surface area contributed by atoms with E-state index in [1.807, 2.05) is 17.2 Å². The summed E-state index contributed by atoms with van der Waals surface area (Å²) in [5.74, 6) is -0.108. The molecule has 7 nitrogen and oxygen atoms in total. The smallest absolute Gasteiger partial charge is 0.253 e. The first kappa shape index (κ1) is 22.9. The lowest BCUT2D eigenvalue weighted by atomic mass is 9.96. The lowest BCUT2D eigenvalue weighted by molar-refractivity contribution is 0.0628. The topological polar surface area (TPSA) is 73.8 Å². The molecule has 0 spiro atoms. The van der Waals surface area contributed by atoms with Crippen molar-refractivity contribution in [3.05, 3.63) is 59.9 Å². The van der Waals surface area contributed by atoms with Gasteiger partial charge in [-0.25, -0.2) is 8.42 Å². The predicted molar refractivity (Wildman–Crippen MR) is 124 cm³/mol. The molecule has 2 heterocycles. The second-order valence-electron chi connectivity index (χ2n) is 8.77. The number of aromatic nitrogens is 1. The Morgan fingerprint density at radius 1 is 1.06 bits per heavy atom. The van der Waals surface area contributed by atoms with Crippen LogP contribution in [0.5, 0.6) is 0 Å². The van der Waals surface area contributed by atoms with Gasteiger partial charge in [0.15, 0.2) is 0 Å². The molecule has 2 fully saturated rings. The van der Waals surface area contributed by atoms with Gasteiger partial charge in [0.2, 0.25) is 10.0 Å². The van der Waals surface area contributed by atoms with Gasteiger partial charge in [-0.3, -0.25) is 14.7 Å². The number of pyridine rings is 1. The van der Waals surface area contributed by atoms with Crippen molar-refractivity contribution in [2.45, 2.75) is 49.6 Å². The fourth-order valence-corrected chi connectivity index (χ4v) is 6.10. The van der Waals surface area contributed by atoms with E-state index in [1.54, 1.807) is 37.5 Å². The highest BCUT2D eigenvalue weighted by atomic mass is 32.2. The van der Waals surface area contributed by atoms with E-state index in [1.165, 1.54) is 10.7 Å². The number of carbonyl (C=O) groups is 1. The number of rotatable bonds is 6. The molecule has 1 saturated carbocycles. The Labute approximate surface area is 191 Å². The Bertz CT molecular complexity index is 1010. The van der Waals surface area contributed by atoms with Gasteiger partial charge in [-0.05, 0) is 42.7 Å². The minimum absolute atomic E-state index is 0.0426. The van der Waals surface area contributed by atoms with Crippen LogP contribution in [0, 0.1) is 0 Å². The van der Waals surface area contributed by atoms with Crippen molar-refractivity contribution in [3.63, 3.8) is 0 Å². The molecule has 1 amide bonds. The van der Waals surface area contributed by atoms with Crippen molar-refractivity contribution in [2.24, 2.45) is 0 Å². The summed E-state index contributed by atoms with van der Waals surface area (Å²) in [7, 11) is -1.95. The standard InChI is InChI=1S/C24H32N4O3S/c1-26(22-9-3-2-4-10-22)32(30,31)23-11-5-8-21(17-23)24(29)28-15-13-27(14-16-28)19-20-7-6-12-25-18-20/h5-8,11-12,17-18,22H,2-4,9-10,13-16,19H2,1H3. The normalized spacial score (nSPS) is 18.8. The van der Waals surface area contributed by atoms with Crippen molar-refractivity contribution < 1.29 is 13.2 Å². The zero-order valence-electron chi connectivity index (χ0n) is 18.7. The van der Waals surface area contributed by atoms with Gasteiger partial charge in [0, 0.05) is 63.8 Å². The summed E-state index contributed by atoms with van der Waals surface area (Å²) in [6.07, 6.45) is 8.74. The lowest BCUT2D eigenvalue weighted by Gasteiger charge is -2.35. The van der Waals surface area contributed by atoms with Gasteiger partial charge in [-0.15, -0.1) is 0 Å². The molecule has 0 bridgehead atoms. The quantitative estimate of drug-likeness (QED) is 0.668. The summed E-state index contributed by atoms with van der Waals surface area (Å²) in [6.45, 7) is 3.62. The molecular formula is C24H32N4O3S. The first-order valence-electron chi connectivity index (χ1n) is 11.4. The average molecular weight is 457 g/mol. The van der Waals surface area contributed by atoms with Crippen LogP contribution < -0.4 is 0 Å². The number of hydrogen-bond acceptors (Lipinski definition) is 5. The number of amides is 1. The maximum absolute atomic E-state index is 13.2. The van der Waals surface area contributed by atoms with Gasteiger partial charge in [0.05, 0.1) is 4.90 Å². The molecule has 0 radical (unpaired) electrons. The van der Waals surface area contributed by atoms with Crippen LogP contribution in [0.2, 0.25) is 0 Å². The molecule has 2 aliphatic rings. The summed E-state index contributed by atoms with van der Waals surface area (Å²) in [5, 5.41) is 0. The van der Waals surface area contributed by atoms with Gasteiger partial charge in [-0.1, -0.05) is 31.4 Å². The summed E-state index contributed by atoms with van der Waals surface area (Å²) in [4.78, 5) is 21.6. The average Bonchev–Trinajstić information content (AvgIpc) is 2.85. The van der Waals surface area contributed by atoms with Crippen molar-refractivity contribution >= 4 is 15.9 Å². The Balaban J connectivity index is 1.40. The van der Waals surface area contributed by atoms with Crippen LogP contribution in [0.1, 0.15) is 48.0 Å². The minimum Gasteiger partial charge on any atom is -0.336 e. The van der Waals surface area contributed by atoms with Crippen LogP contribution in [-0.2, 0) is 16.6 Å². The number of sulfonamides is 1. The molecule has 1 aromatic heterocycles. The van der Waals surface area contributed by atoms with Crippen molar-refractivity contribution in [2.75, 3.05) is 33.2 Å². The van der Waals surface area contributed by atoms with Crippen LogP contribution in [-0.4, -0.2) is 72.7 Å². The van der Waals surface area contributed by atoms with Crippen LogP contribution >= 0.6 is 0 Å². The third kappa shape index (κ3) is 5.19. The number of hydrogen-bond donors (Lipinski definition) is 0. The maximum Gasteiger partial charge on any atom is 0.253 e. The number of nitrogens with zero attached hydrogens (tertiary/aromatic N) is 4. The number of carbonyl (C=O) groups excluding carboxylic acids is 1. The fourth-order valence-electron chi connectivity index (χ4n) is 4.64. The van der Waals surface area contributed by atoms with Crippen LogP contribution in [0.4, 0.5) is 0 Å². The third-order valence-corrected chi connectivity index (χ3v) is 8.54. The Hall–Kier alpha value is -2.29. The van der Waals surface area contributed by atoms with E-state index in [4.69, 9.17) is 0 Å². The van der Waals surface area contributed by atoms with Crippen molar-refractivity contribution in [3.8, 4) is 0 Å². The highest BCUT2D eigenvalue weighted by Crippen LogP contribution is 2.27. The third-order valence-electron chi connectivity index (χ3n) is 6.64. The molecular weight excluding hydrogens is 424 g/mol. The first-order chi connectivity index (χ1) is 15.4. The van der Waals surface area contributed by atoms with E-state index >= 15 is 0 Å². The first-order valence-corrected chi connectivity index (χ1v) is 12.9. The Morgan fingerprint density at radius 3 is 2.50 bits per heavy atom. The summed E-state index contributed by atoms with van der Waals surface area (Å²) in [5.41, 5.74) is 1.59. The van der Waals surface area contributed by atoms with Crippen LogP contribution in [0.25, 0.3) is 0 Å². The monoisotopic (exact) mass is 456 g/mol. The fraction of sp³-hybridized carbons (Fsp3) is 0.500. The van der Waals surface area contributed by atoms with E-state index in [2.05, 4.69) is 16.0 Å². The van der Waals surface area contributed by atoms with Crippen molar-refractivity contribution in [1.82, 2.24) is 19.1 Å². The molecule has 32 heavy (non-hydrogen) atoms. The largest absolute Gasteiger partial charge is 0.336 e. The molecule has 1 aliphatic heterocycles. The zero-order chi connectivity index (χ0) is 22.6. The van der Waals surface area contributed by atoms with Crippen molar-refractivity contribution in [1.29, 1.82) is 0 Å². The SMILES string of the molecule is CN(C1CCCCC1)S(=O)(=O)c1cccc(C(=O)N2CCN(Cc3cccnc3)CC2)c1. The lowest BCUT2D eigenvalue weighted by Crippen LogP contribution is -2.48. The molecule has 1 aromatic carbocycles. The predicted octanol–water partition coefficient (Wildman–Crippen LogP) is 2.99. The molecule has 1 saturated heterocycles. The Kier molecular flexibility index (Phi) is 7.23. The second-order valence-corrected chi connectivity index (χ2v) is 10.8. The van der Waals surface area contributed by atoms with E-state index in [9.17, 15) is 13.2 Å². The van der Waals surface area contributed by atoms with Gasteiger partial charge >= 0.3 is 0 Å². The summed E-state index contributed by atoms with van der Waals surface area (Å²) >= 11 is 0. The second kappa shape index (κ2) is 10.1. The molecule has 0 unspecified atom stereocenters. The van der Waals surface area contributed by atoms with E-state index in [-0.39, 0.29) is 16.8 Å². The molecule has 0 N–H and O–H groups in total. The number of piperazine rings is 1. The Morgan fingerprint density at radius 2 is 1.81 bits per heavy atom. The molecule has 1 aliphatic carbocycles. The summed E-state index contributed by atoms with van der Waals surface area (Å²) < 4.78 is 27.9. The zero-order valence-corrected chi connectivity index (χ0v) is 19.5.